The number of nitrogens with two attached hydrogens (primary N) is 1. The first-order valence-electron chi connectivity index (χ1n) is 9.27. The molecule has 0 radical (unpaired) electrons. The Kier molecular flexibility index (Phi) is 5.50. The number of rotatable bonds is 5. The van der Waals surface area contributed by atoms with E-state index >= 15 is 0 Å². The zero-order valence-corrected chi connectivity index (χ0v) is 15.4. The van der Waals surface area contributed by atoms with Crippen molar-refractivity contribution in [2.45, 2.75) is 30.9 Å². The van der Waals surface area contributed by atoms with E-state index in [1.807, 2.05) is 4.90 Å². The fourth-order valence-corrected chi connectivity index (χ4v) is 4.12. The Morgan fingerprint density at radius 2 is 2.00 bits per heavy atom. The SMILES string of the molecule is CN(C)[C@@H]1CCN(CCN2CC3(CCN(C(=O)CN)CC3)OC2=O)C1. The highest BCUT2D eigenvalue weighted by atomic mass is 16.6. The van der Waals surface area contributed by atoms with Crippen LogP contribution in [0.1, 0.15) is 19.3 Å². The molecular weight excluding hydrogens is 322 g/mol. The number of hydrogen-bond acceptors (Lipinski definition) is 6. The average Bonchev–Trinajstić information content (AvgIpc) is 3.18. The van der Waals surface area contributed by atoms with Gasteiger partial charge in [0.05, 0.1) is 13.1 Å². The Labute approximate surface area is 149 Å². The Hall–Kier alpha value is -1.38. The summed E-state index contributed by atoms with van der Waals surface area (Å²) in [5.41, 5.74) is 5.01. The van der Waals surface area contributed by atoms with Gasteiger partial charge in [0.2, 0.25) is 5.91 Å². The predicted molar refractivity (Wildman–Crippen MR) is 94.2 cm³/mol. The molecule has 0 aromatic rings. The van der Waals surface area contributed by atoms with Gasteiger partial charge in [0.15, 0.2) is 0 Å². The third-order valence-corrected chi connectivity index (χ3v) is 5.91. The van der Waals surface area contributed by atoms with Crippen LogP contribution in [0.5, 0.6) is 0 Å². The number of ether oxygens (including phenoxy) is 1. The van der Waals surface area contributed by atoms with E-state index in [9.17, 15) is 9.59 Å². The molecule has 8 nitrogen and oxygen atoms in total. The van der Waals surface area contributed by atoms with E-state index in [1.54, 1.807) is 4.90 Å². The summed E-state index contributed by atoms with van der Waals surface area (Å²) in [6, 6.07) is 0.612. The summed E-state index contributed by atoms with van der Waals surface area (Å²) in [7, 11) is 4.25. The molecule has 3 aliphatic heterocycles. The van der Waals surface area contributed by atoms with Gasteiger partial charge in [-0.1, -0.05) is 0 Å². The van der Waals surface area contributed by atoms with Gasteiger partial charge >= 0.3 is 6.09 Å². The summed E-state index contributed by atoms with van der Waals surface area (Å²) in [5, 5.41) is 0. The lowest BCUT2D eigenvalue weighted by atomic mass is 9.91. The molecule has 3 heterocycles. The van der Waals surface area contributed by atoms with E-state index in [1.165, 1.54) is 6.42 Å². The van der Waals surface area contributed by atoms with Crippen LogP contribution < -0.4 is 5.73 Å². The lowest BCUT2D eigenvalue weighted by Gasteiger charge is -2.37. The number of carbonyl (C=O) groups is 2. The zero-order chi connectivity index (χ0) is 18.0. The van der Waals surface area contributed by atoms with Gasteiger partial charge in [0, 0.05) is 51.6 Å². The zero-order valence-electron chi connectivity index (χ0n) is 15.4. The number of likely N-dealkylation sites (N-methyl/N-ethyl adjacent to an activating group) is 1. The highest BCUT2D eigenvalue weighted by molar-refractivity contribution is 5.78. The van der Waals surface area contributed by atoms with Crippen molar-refractivity contribution < 1.29 is 14.3 Å². The molecule has 3 fully saturated rings. The minimum atomic E-state index is -0.417. The van der Waals surface area contributed by atoms with Gasteiger partial charge in [-0.25, -0.2) is 4.79 Å². The highest BCUT2D eigenvalue weighted by Crippen LogP contribution is 2.33. The van der Waals surface area contributed by atoms with Crippen LogP contribution in [0.3, 0.4) is 0 Å². The Morgan fingerprint density at radius 3 is 2.60 bits per heavy atom. The maximum atomic E-state index is 12.3. The maximum Gasteiger partial charge on any atom is 0.410 e. The summed E-state index contributed by atoms with van der Waals surface area (Å²) in [4.78, 5) is 32.3. The first kappa shape index (κ1) is 18.4. The smallest absolute Gasteiger partial charge is 0.410 e. The average molecular weight is 353 g/mol. The maximum absolute atomic E-state index is 12.3. The topological polar surface area (TPSA) is 82.3 Å². The van der Waals surface area contributed by atoms with Crippen molar-refractivity contribution in [2.75, 3.05) is 66.5 Å². The van der Waals surface area contributed by atoms with Gasteiger partial charge in [-0.2, -0.15) is 0 Å². The number of piperidine rings is 1. The summed E-state index contributed by atoms with van der Waals surface area (Å²) in [6.07, 6.45) is 2.38. The Balaban J connectivity index is 1.46. The second-order valence-corrected chi connectivity index (χ2v) is 7.76. The molecule has 3 saturated heterocycles. The molecule has 2 amide bonds. The molecule has 2 N–H and O–H groups in total. The van der Waals surface area contributed by atoms with Gasteiger partial charge in [-0.3, -0.25) is 9.69 Å². The van der Waals surface area contributed by atoms with Crippen molar-refractivity contribution >= 4 is 12.0 Å². The second kappa shape index (κ2) is 7.47. The van der Waals surface area contributed by atoms with Gasteiger partial charge < -0.3 is 25.2 Å². The first-order chi connectivity index (χ1) is 11.9. The van der Waals surface area contributed by atoms with Crippen molar-refractivity contribution in [1.82, 2.24) is 19.6 Å². The fourth-order valence-electron chi connectivity index (χ4n) is 4.12. The van der Waals surface area contributed by atoms with Crippen LogP contribution in [-0.2, 0) is 9.53 Å². The van der Waals surface area contributed by atoms with Crippen LogP contribution in [0.15, 0.2) is 0 Å². The largest absolute Gasteiger partial charge is 0.441 e. The third kappa shape index (κ3) is 4.07. The molecule has 1 atom stereocenters. The number of hydrogen-bond donors (Lipinski definition) is 1. The van der Waals surface area contributed by atoms with Crippen molar-refractivity contribution in [3.63, 3.8) is 0 Å². The third-order valence-electron chi connectivity index (χ3n) is 5.91. The quantitative estimate of drug-likeness (QED) is 0.710. The van der Waals surface area contributed by atoms with Crippen molar-refractivity contribution in [3.8, 4) is 0 Å². The second-order valence-electron chi connectivity index (χ2n) is 7.76. The molecule has 3 rings (SSSR count). The Morgan fingerprint density at radius 1 is 1.28 bits per heavy atom. The first-order valence-corrected chi connectivity index (χ1v) is 9.27. The van der Waals surface area contributed by atoms with E-state index < -0.39 is 5.60 Å². The number of nitrogens with zero attached hydrogens (tertiary/aromatic N) is 4. The molecule has 0 aromatic carbocycles. The number of likely N-dealkylation sites (tertiary alicyclic amines) is 2. The molecule has 1 spiro atoms. The van der Waals surface area contributed by atoms with E-state index in [4.69, 9.17) is 10.5 Å². The van der Waals surface area contributed by atoms with Gasteiger partial charge in [-0.15, -0.1) is 0 Å². The van der Waals surface area contributed by atoms with E-state index in [2.05, 4.69) is 23.9 Å². The fraction of sp³-hybridized carbons (Fsp3) is 0.882. The van der Waals surface area contributed by atoms with Crippen LogP contribution in [0.4, 0.5) is 4.79 Å². The molecular formula is C17H31N5O3. The van der Waals surface area contributed by atoms with Crippen LogP contribution in [0.2, 0.25) is 0 Å². The molecule has 0 saturated carbocycles. The summed E-state index contributed by atoms with van der Waals surface area (Å²) in [6.45, 7) is 5.69. The predicted octanol–water partition coefficient (Wildman–Crippen LogP) is -0.606. The van der Waals surface area contributed by atoms with Crippen LogP contribution >= 0.6 is 0 Å². The summed E-state index contributed by atoms with van der Waals surface area (Å²) in [5.74, 6) is -0.0273. The lowest BCUT2D eigenvalue weighted by molar-refractivity contribution is -0.133. The number of amides is 2. The molecule has 142 valence electrons. The van der Waals surface area contributed by atoms with Crippen LogP contribution in [0.25, 0.3) is 0 Å². The lowest BCUT2D eigenvalue weighted by Crippen LogP contribution is -2.50. The van der Waals surface area contributed by atoms with E-state index in [-0.39, 0.29) is 18.5 Å². The van der Waals surface area contributed by atoms with Gasteiger partial charge in [0.1, 0.15) is 5.60 Å². The van der Waals surface area contributed by atoms with Crippen LogP contribution in [-0.4, -0.2) is 110 Å². The van der Waals surface area contributed by atoms with E-state index in [0.717, 1.165) is 19.6 Å². The molecule has 3 aliphatic rings. The molecule has 0 bridgehead atoms. The molecule has 8 heteroatoms. The van der Waals surface area contributed by atoms with E-state index in [0.29, 0.717) is 45.1 Å². The minimum absolute atomic E-state index is 0.0273. The van der Waals surface area contributed by atoms with Crippen molar-refractivity contribution in [3.05, 3.63) is 0 Å². The summed E-state index contributed by atoms with van der Waals surface area (Å²) >= 11 is 0. The van der Waals surface area contributed by atoms with Gasteiger partial charge in [-0.05, 0) is 27.1 Å². The van der Waals surface area contributed by atoms with Crippen LogP contribution in [0, 0.1) is 0 Å². The minimum Gasteiger partial charge on any atom is -0.441 e. The van der Waals surface area contributed by atoms with Crippen molar-refractivity contribution in [2.24, 2.45) is 5.73 Å². The Bertz CT molecular complexity index is 505. The normalized spacial score (nSPS) is 26.7. The monoisotopic (exact) mass is 353 g/mol. The standard InChI is InChI=1S/C17H31N5O3/c1-19(2)14-3-6-20(12-14)9-10-22-13-17(25-16(22)24)4-7-21(8-5-17)15(23)11-18/h14H,3-13,18H2,1-2H3/t14-/m1/s1. The number of carbonyl (C=O) groups excluding carboxylic acids is 2. The molecule has 0 aromatic heterocycles. The van der Waals surface area contributed by atoms with Crippen molar-refractivity contribution in [1.29, 1.82) is 0 Å². The highest BCUT2D eigenvalue weighted by Gasteiger charge is 2.47. The molecule has 0 aliphatic carbocycles. The van der Waals surface area contributed by atoms with Gasteiger partial charge in [0.25, 0.3) is 0 Å². The summed E-state index contributed by atoms with van der Waals surface area (Å²) < 4.78 is 5.73. The molecule has 0 unspecified atom stereocenters. The molecule has 25 heavy (non-hydrogen) atoms.